The molecule has 5 rings (SSSR count). The van der Waals surface area contributed by atoms with Gasteiger partial charge in [0.15, 0.2) is 11.8 Å². The lowest BCUT2D eigenvalue weighted by Gasteiger charge is -2.36. The lowest BCUT2D eigenvalue weighted by atomic mass is 10.00. The van der Waals surface area contributed by atoms with E-state index < -0.39 is 29.6 Å². The normalized spacial score (nSPS) is 14.5. The van der Waals surface area contributed by atoms with Crippen LogP contribution in [-0.4, -0.2) is 58.0 Å². The van der Waals surface area contributed by atoms with Crippen LogP contribution in [0.4, 0.5) is 24.7 Å². The maximum absolute atomic E-state index is 13.6. The van der Waals surface area contributed by atoms with Crippen LogP contribution in [0.15, 0.2) is 71.3 Å². The van der Waals surface area contributed by atoms with E-state index in [1.165, 1.54) is 24.4 Å². The van der Waals surface area contributed by atoms with E-state index in [4.69, 9.17) is 4.42 Å². The minimum Gasteiger partial charge on any atom is -0.430 e. The van der Waals surface area contributed by atoms with Gasteiger partial charge in [-0.2, -0.15) is 13.2 Å². The monoisotopic (exact) mass is 579 g/mol. The van der Waals surface area contributed by atoms with Crippen LogP contribution in [0.1, 0.15) is 39.0 Å². The molecular weight excluding hydrogens is 551 g/mol. The van der Waals surface area contributed by atoms with Crippen LogP contribution in [-0.2, 0) is 11.0 Å². The predicted octanol–water partition coefficient (Wildman–Crippen LogP) is 5.01. The Morgan fingerprint density at radius 3 is 2.36 bits per heavy atom. The number of pyridine rings is 1. The van der Waals surface area contributed by atoms with Gasteiger partial charge in [0.1, 0.15) is 5.82 Å². The number of aliphatic hydroxyl groups is 1. The number of aromatic nitrogens is 2. The molecule has 0 bridgehead atoms. The SMILES string of the molecule is Cc1ccc(C)c(C(O)C(=O)N2CCN(c3ccc(NC(=O)c4oc(-c5ccccc5)nc4C(F)(F)F)cn3)CC2)c1. The van der Waals surface area contributed by atoms with E-state index in [2.05, 4.69) is 15.3 Å². The summed E-state index contributed by atoms with van der Waals surface area (Å²) in [5, 5.41) is 13.1. The Kier molecular flexibility index (Phi) is 7.99. The van der Waals surface area contributed by atoms with E-state index >= 15 is 0 Å². The van der Waals surface area contributed by atoms with Gasteiger partial charge in [-0.1, -0.05) is 42.0 Å². The fourth-order valence-corrected chi connectivity index (χ4v) is 4.72. The number of aryl methyl sites for hydroxylation is 2. The second-order valence-corrected chi connectivity index (χ2v) is 9.99. The van der Waals surface area contributed by atoms with E-state index in [-0.39, 0.29) is 17.5 Å². The van der Waals surface area contributed by atoms with Crippen LogP contribution in [0.2, 0.25) is 0 Å². The van der Waals surface area contributed by atoms with Gasteiger partial charge in [0.05, 0.1) is 11.9 Å². The van der Waals surface area contributed by atoms with Crippen LogP contribution in [0, 0.1) is 13.8 Å². The first-order chi connectivity index (χ1) is 20.0. The predicted molar refractivity (Wildman–Crippen MR) is 149 cm³/mol. The molecule has 1 aliphatic heterocycles. The highest BCUT2D eigenvalue weighted by atomic mass is 19.4. The maximum atomic E-state index is 13.6. The number of carbonyl (C=O) groups excluding carboxylic acids is 2. The first-order valence-corrected chi connectivity index (χ1v) is 13.2. The second kappa shape index (κ2) is 11.6. The minimum atomic E-state index is -4.90. The van der Waals surface area contributed by atoms with Crippen molar-refractivity contribution < 1.29 is 32.3 Å². The number of alkyl halides is 3. The Bertz CT molecular complexity index is 1580. The molecular formula is C30H28F3N5O4. The van der Waals surface area contributed by atoms with Crippen molar-refractivity contribution in [3.63, 3.8) is 0 Å². The van der Waals surface area contributed by atoms with Crippen LogP contribution < -0.4 is 10.2 Å². The second-order valence-electron chi connectivity index (χ2n) is 9.99. The number of carbonyl (C=O) groups is 2. The Balaban J connectivity index is 1.22. The quantitative estimate of drug-likeness (QED) is 0.331. The van der Waals surface area contributed by atoms with Gasteiger partial charge in [0, 0.05) is 31.7 Å². The van der Waals surface area contributed by atoms with Gasteiger partial charge in [-0.05, 0) is 49.2 Å². The summed E-state index contributed by atoms with van der Waals surface area (Å²) in [6.45, 7) is 5.41. The lowest BCUT2D eigenvalue weighted by molar-refractivity contribution is -0.142. The third-order valence-electron chi connectivity index (χ3n) is 7.01. The molecule has 1 atom stereocenters. The molecule has 2 N–H and O–H groups in total. The molecule has 1 fully saturated rings. The van der Waals surface area contributed by atoms with E-state index in [9.17, 15) is 27.9 Å². The number of anilines is 2. The Morgan fingerprint density at radius 1 is 1.00 bits per heavy atom. The number of oxazole rings is 1. The maximum Gasteiger partial charge on any atom is 0.437 e. The van der Waals surface area contributed by atoms with Crippen LogP contribution in [0.3, 0.4) is 0 Å². The van der Waals surface area contributed by atoms with Crippen LogP contribution in [0.25, 0.3) is 11.5 Å². The first-order valence-electron chi connectivity index (χ1n) is 13.2. The molecule has 0 radical (unpaired) electrons. The number of rotatable bonds is 6. The molecule has 218 valence electrons. The molecule has 2 aromatic carbocycles. The average Bonchev–Trinajstić information content (AvgIpc) is 3.46. The highest BCUT2D eigenvalue weighted by Gasteiger charge is 2.41. The van der Waals surface area contributed by atoms with Gasteiger partial charge in [-0.25, -0.2) is 9.97 Å². The molecule has 4 aromatic rings. The topological polar surface area (TPSA) is 112 Å². The number of amides is 2. The van der Waals surface area contributed by atoms with Crippen molar-refractivity contribution in [2.24, 2.45) is 0 Å². The Hall–Kier alpha value is -4.71. The first kappa shape index (κ1) is 28.8. The number of piperazine rings is 1. The van der Waals surface area contributed by atoms with Gasteiger partial charge in [0.2, 0.25) is 11.7 Å². The molecule has 0 spiro atoms. The van der Waals surface area contributed by atoms with Crippen molar-refractivity contribution in [1.82, 2.24) is 14.9 Å². The highest BCUT2D eigenvalue weighted by molar-refractivity contribution is 6.03. The number of hydrogen-bond donors (Lipinski definition) is 2. The summed E-state index contributed by atoms with van der Waals surface area (Å²) in [6.07, 6.45) is -4.82. The highest BCUT2D eigenvalue weighted by Crippen LogP contribution is 2.35. The molecule has 1 unspecified atom stereocenters. The zero-order valence-corrected chi connectivity index (χ0v) is 22.9. The number of aliphatic hydroxyl groups excluding tert-OH is 1. The third kappa shape index (κ3) is 6.13. The molecule has 1 saturated heterocycles. The third-order valence-corrected chi connectivity index (χ3v) is 7.01. The molecule has 2 amide bonds. The number of halogens is 3. The summed E-state index contributed by atoms with van der Waals surface area (Å²) >= 11 is 0. The van der Waals surface area contributed by atoms with Crippen molar-refractivity contribution in [2.45, 2.75) is 26.1 Å². The van der Waals surface area contributed by atoms with Gasteiger partial charge in [0.25, 0.3) is 11.8 Å². The molecule has 42 heavy (non-hydrogen) atoms. The zero-order chi connectivity index (χ0) is 30.0. The van der Waals surface area contributed by atoms with Crippen molar-refractivity contribution in [1.29, 1.82) is 0 Å². The van der Waals surface area contributed by atoms with E-state index in [1.807, 2.05) is 36.9 Å². The van der Waals surface area contributed by atoms with E-state index in [1.54, 1.807) is 29.2 Å². The van der Waals surface area contributed by atoms with Crippen LogP contribution in [0.5, 0.6) is 0 Å². The lowest BCUT2D eigenvalue weighted by Crippen LogP contribution is -2.50. The van der Waals surface area contributed by atoms with Gasteiger partial charge >= 0.3 is 6.18 Å². The smallest absolute Gasteiger partial charge is 0.430 e. The summed E-state index contributed by atoms with van der Waals surface area (Å²) in [4.78, 5) is 37.1. The number of nitrogens with one attached hydrogen (secondary N) is 1. The number of benzene rings is 2. The molecule has 3 heterocycles. The van der Waals surface area contributed by atoms with E-state index in [0.29, 0.717) is 43.1 Å². The van der Waals surface area contributed by atoms with Crippen molar-refractivity contribution in [2.75, 3.05) is 36.4 Å². The molecule has 0 aliphatic carbocycles. The minimum absolute atomic E-state index is 0.167. The zero-order valence-electron chi connectivity index (χ0n) is 22.9. The molecule has 1 aliphatic rings. The van der Waals surface area contributed by atoms with Gasteiger partial charge in [-0.15, -0.1) is 0 Å². The van der Waals surface area contributed by atoms with Crippen molar-refractivity contribution in [3.8, 4) is 11.5 Å². The molecule has 2 aromatic heterocycles. The van der Waals surface area contributed by atoms with Crippen LogP contribution >= 0.6 is 0 Å². The molecule has 0 saturated carbocycles. The Labute approximate surface area is 239 Å². The number of hydrogen-bond acceptors (Lipinski definition) is 7. The van der Waals surface area contributed by atoms with Crippen molar-refractivity contribution >= 4 is 23.3 Å². The molecule has 9 nitrogen and oxygen atoms in total. The average molecular weight is 580 g/mol. The molecule has 12 heteroatoms. The summed E-state index contributed by atoms with van der Waals surface area (Å²) < 4.78 is 46.1. The summed E-state index contributed by atoms with van der Waals surface area (Å²) in [5.74, 6) is -2.18. The Morgan fingerprint density at radius 2 is 1.71 bits per heavy atom. The van der Waals surface area contributed by atoms with Gasteiger partial charge in [-0.3, -0.25) is 9.59 Å². The standard InChI is InChI=1S/C30H28F3N5O4/c1-18-8-9-19(2)22(16-18)24(39)29(41)38-14-12-37(13-15-38)23-11-10-21(17-34-23)35-27(40)25-26(30(31,32)33)36-28(42-25)20-6-4-3-5-7-20/h3-11,16-17,24,39H,12-15H2,1-2H3,(H,35,40). The van der Waals surface area contributed by atoms with E-state index in [0.717, 1.165) is 11.1 Å². The summed E-state index contributed by atoms with van der Waals surface area (Å²) in [5.41, 5.74) is 1.43. The number of nitrogens with zero attached hydrogens (tertiary/aromatic N) is 4. The fourth-order valence-electron chi connectivity index (χ4n) is 4.72. The fraction of sp³-hybridized carbons (Fsp3) is 0.267. The van der Waals surface area contributed by atoms with Crippen molar-refractivity contribution in [3.05, 3.63) is 95.0 Å². The van der Waals surface area contributed by atoms with Gasteiger partial charge < -0.3 is 24.6 Å². The summed E-state index contributed by atoms with van der Waals surface area (Å²) in [6, 6.07) is 16.7. The largest absolute Gasteiger partial charge is 0.437 e. The summed E-state index contributed by atoms with van der Waals surface area (Å²) in [7, 11) is 0.